The summed E-state index contributed by atoms with van der Waals surface area (Å²) in [5.74, 6) is 1.46. The highest BCUT2D eigenvalue weighted by atomic mass is 79.9. The van der Waals surface area contributed by atoms with Crippen molar-refractivity contribution in [3.8, 4) is 5.75 Å². The molecule has 0 atom stereocenters. The second-order valence-electron chi connectivity index (χ2n) is 7.99. The highest BCUT2D eigenvalue weighted by Gasteiger charge is 2.13. The van der Waals surface area contributed by atoms with Gasteiger partial charge in [-0.2, -0.15) is 0 Å². The number of amides is 1. The number of ether oxygens (including phenoxy) is 1. The lowest BCUT2D eigenvalue weighted by Crippen LogP contribution is -2.25. The minimum absolute atomic E-state index is 0.167. The van der Waals surface area contributed by atoms with Gasteiger partial charge < -0.3 is 15.0 Å². The zero-order valence-electron chi connectivity index (χ0n) is 19.5. The Morgan fingerprint density at radius 2 is 1.83 bits per heavy atom. The van der Waals surface area contributed by atoms with Gasteiger partial charge in [0.15, 0.2) is 0 Å². The topological polar surface area (TPSA) is 67.3 Å². The summed E-state index contributed by atoms with van der Waals surface area (Å²) in [6, 6.07) is 23.6. The fourth-order valence-electron chi connectivity index (χ4n) is 3.60. The number of carbonyl (C=O) groups is 1. The van der Waals surface area contributed by atoms with Crippen molar-refractivity contribution < 1.29 is 9.53 Å². The van der Waals surface area contributed by atoms with Gasteiger partial charge in [-0.1, -0.05) is 52.3 Å². The molecule has 178 valence electrons. The summed E-state index contributed by atoms with van der Waals surface area (Å²) in [6.45, 7) is 4.38. The lowest BCUT2D eigenvalue weighted by Gasteiger charge is -2.24. The Kier molecular flexibility index (Phi) is 8.46. The summed E-state index contributed by atoms with van der Waals surface area (Å²) in [4.78, 5) is 23.3. The van der Waals surface area contributed by atoms with Crippen LogP contribution in [0.1, 0.15) is 34.0 Å². The van der Waals surface area contributed by atoms with Crippen LogP contribution in [-0.2, 0) is 19.7 Å². The Bertz CT molecular complexity index is 1240. The molecule has 4 rings (SSSR count). The molecule has 0 radical (unpaired) electrons. The van der Waals surface area contributed by atoms with E-state index >= 15 is 0 Å². The number of pyridine rings is 2. The standard InChI is InChI=1S/C28H27BrN4O2/c1-2-33(19-24-15-25(29)11-12-26(24)35-20-21-7-4-3-5-8-21)27-13-10-23(18-31-27)28(34)32-17-22-9-6-14-30-16-22/h3-16,18H,2,17,19-20H2,1H3,(H,32,34). The maximum atomic E-state index is 12.5. The lowest BCUT2D eigenvalue weighted by molar-refractivity contribution is 0.0950. The molecule has 0 saturated carbocycles. The molecule has 2 aromatic carbocycles. The third kappa shape index (κ3) is 6.90. The van der Waals surface area contributed by atoms with Gasteiger partial charge in [0, 0.05) is 48.3 Å². The van der Waals surface area contributed by atoms with Crippen molar-refractivity contribution in [3.05, 3.63) is 118 Å². The normalized spacial score (nSPS) is 10.6. The maximum Gasteiger partial charge on any atom is 0.253 e. The molecule has 0 aliphatic rings. The number of anilines is 1. The van der Waals surface area contributed by atoms with Crippen LogP contribution in [0, 0.1) is 0 Å². The summed E-state index contributed by atoms with van der Waals surface area (Å²) < 4.78 is 7.14. The lowest BCUT2D eigenvalue weighted by atomic mass is 10.1. The third-order valence-corrected chi connectivity index (χ3v) is 6.01. The predicted molar refractivity (Wildman–Crippen MR) is 141 cm³/mol. The summed E-state index contributed by atoms with van der Waals surface area (Å²) >= 11 is 3.58. The first-order valence-electron chi connectivity index (χ1n) is 11.5. The Morgan fingerprint density at radius 1 is 1.00 bits per heavy atom. The van der Waals surface area contributed by atoms with Crippen LogP contribution in [0.15, 0.2) is 95.9 Å². The molecule has 0 aliphatic carbocycles. The predicted octanol–water partition coefficient (Wildman–Crippen LogP) is 5.77. The fourth-order valence-corrected chi connectivity index (χ4v) is 4.01. The second-order valence-corrected chi connectivity index (χ2v) is 8.91. The van der Waals surface area contributed by atoms with Crippen molar-refractivity contribution in [3.63, 3.8) is 0 Å². The molecule has 0 fully saturated rings. The molecule has 0 spiro atoms. The van der Waals surface area contributed by atoms with Crippen LogP contribution < -0.4 is 15.0 Å². The second kappa shape index (κ2) is 12.1. The van der Waals surface area contributed by atoms with Gasteiger partial charge in [-0.3, -0.25) is 9.78 Å². The number of hydrogen-bond donors (Lipinski definition) is 1. The molecule has 4 aromatic rings. The minimum Gasteiger partial charge on any atom is -0.489 e. The van der Waals surface area contributed by atoms with Crippen molar-refractivity contribution in [2.45, 2.75) is 26.6 Å². The quantitative estimate of drug-likeness (QED) is 0.281. The first-order valence-corrected chi connectivity index (χ1v) is 12.2. The van der Waals surface area contributed by atoms with Crippen molar-refractivity contribution in [1.29, 1.82) is 0 Å². The Morgan fingerprint density at radius 3 is 2.54 bits per heavy atom. The molecular formula is C28H27BrN4O2. The van der Waals surface area contributed by atoms with Gasteiger partial charge in [-0.15, -0.1) is 0 Å². The van der Waals surface area contributed by atoms with Crippen LogP contribution in [0.4, 0.5) is 5.82 Å². The average Bonchev–Trinajstić information content (AvgIpc) is 2.91. The van der Waals surface area contributed by atoms with Gasteiger partial charge in [0.2, 0.25) is 0 Å². The Balaban J connectivity index is 1.42. The molecule has 1 amide bonds. The number of carbonyl (C=O) groups excluding carboxylic acids is 1. The van der Waals surface area contributed by atoms with Gasteiger partial charge in [0.25, 0.3) is 5.91 Å². The number of halogens is 1. The van der Waals surface area contributed by atoms with Crippen molar-refractivity contribution in [2.75, 3.05) is 11.4 Å². The number of benzene rings is 2. The molecule has 0 unspecified atom stereocenters. The molecule has 0 saturated heterocycles. The van der Waals surface area contributed by atoms with Gasteiger partial charge in [0.05, 0.1) is 5.56 Å². The summed E-state index contributed by atoms with van der Waals surface area (Å²) in [6.07, 6.45) is 5.06. The van der Waals surface area contributed by atoms with Crippen LogP contribution in [-0.4, -0.2) is 22.4 Å². The van der Waals surface area contributed by atoms with E-state index in [9.17, 15) is 4.79 Å². The summed E-state index contributed by atoms with van der Waals surface area (Å²) in [7, 11) is 0. The molecule has 2 heterocycles. The van der Waals surface area contributed by atoms with Crippen LogP contribution >= 0.6 is 15.9 Å². The van der Waals surface area contributed by atoms with E-state index in [1.165, 1.54) is 0 Å². The fraction of sp³-hybridized carbons (Fsp3) is 0.179. The average molecular weight is 531 g/mol. The van der Waals surface area contributed by atoms with E-state index in [1.54, 1.807) is 24.7 Å². The summed E-state index contributed by atoms with van der Waals surface area (Å²) in [5, 5.41) is 2.90. The molecule has 35 heavy (non-hydrogen) atoms. The van der Waals surface area contributed by atoms with Crippen LogP contribution in [0.25, 0.3) is 0 Å². The first kappa shape index (κ1) is 24.4. The van der Waals surface area contributed by atoms with Gasteiger partial charge in [0.1, 0.15) is 18.2 Å². The number of nitrogens with zero attached hydrogens (tertiary/aromatic N) is 3. The van der Waals surface area contributed by atoms with E-state index in [-0.39, 0.29) is 5.91 Å². The Hall–Kier alpha value is -3.71. The van der Waals surface area contributed by atoms with Gasteiger partial charge in [-0.25, -0.2) is 4.98 Å². The highest BCUT2D eigenvalue weighted by molar-refractivity contribution is 9.10. The number of aromatic nitrogens is 2. The van der Waals surface area contributed by atoms with Crippen molar-refractivity contribution in [2.24, 2.45) is 0 Å². The Labute approximate surface area is 214 Å². The van der Waals surface area contributed by atoms with Gasteiger partial charge in [-0.05, 0) is 54.4 Å². The minimum atomic E-state index is -0.167. The van der Waals surface area contributed by atoms with Crippen molar-refractivity contribution >= 4 is 27.7 Å². The van der Waals surface area contributed by atoms with Crippen LogP contribution in [0.2, 0.25) is 0 Å². The molecule has 0 aliphatic heterocycles. The monoisotopic (exact) mass is 530 g/mol. The number of nitrogens with one attached hydrogen (secondary N) is 1. The van der Waals surface area contributed by atoms with Gasteiger partial charge >= 0.3 is 0 Å². The third-order valence-electron chi connectivity index (χ3n) is 5.51. The van der Waals surface area contributed by atoms with Crippen molar-refractivity contribution in [1.82, 2.24) is 15.3 Å². The van der Waals surface area contributed by atoms with E-state index in [0.717, 1.165) is 39.3 Å². The van der Waals surface area contributed by atoms with Crippen LogP contribution in [0.3, 0.4) is 0 Å². The molecule has 1 N–H and O–H groups in total. The number of hydrogen-bond acceptors (Lipinski definition) is 5. The molecule has 0 bridgehead atoms. The first-order chi connectivity index (χ1) is 17.1. The van der Waals surface area contributed by atoms with E-state index in [2.05, 4.69) is 61.2 Å². The maximum absolute atomic E-state index is 12.5. The zero-order chi connectivity index (χ0) is 24.5. The van der Waals surface area contributed by atoms with E-state index in [1.807, 2.05) is 48.5 Å². The van der Waals surface area contributed by atoms with E-state index in [0.29, 0.717) is 25.3 Å². The molecule has 2 aromatic heterocycles. The van der Waals surface area contributed by atoms with E-state index in [4.69, 9.17) is 4.74 Å². The van der Waals surface area contributed by atoms with Crippen LogP contribution in [0.5, 0.6) is 5.75 Å². The molecule has 6 nitrogen and oxygen atoms in total. The zero-order valence-corrected chi connectivity index (χ0v) is 21.1. The summed E-state index contributed by atoms with van der Waals surface area (Å²) in [5.41, 5.74) is 3.63. The number of rotatable bonds is 10. The largest absolute Gasteiger partial charge is 0.489 e. The molecule has 7 heteroatoms. The highest BCUT2D eigenvalue weighted by Crippen LogP contribution is 2.27. The molecular weight excluding hydrogens is 504 g/mol. The van der Waals surface area contributed by atoms with E-state index < -0.39 is 0 Å². The smallest absolute Gasteiger partial charge is 0.253 e. The SMILES string of the molecule is CCN(Cc1cc(Br)ccc1OCc1ccccc1)c1ccc(C(=O)NCc2cccnc2)cn1.